The van der Waals surface area contributed by atoms with Gasteiger partial charge in [-0.15, -0.1) is 0 Å². The predicted octanol–water partition coefficient (Wildman–Crippen LogP) is 2.53. The quantitative estimate of drug-likeness (QED) is 0.823. The molecule has 1 N–H and O–H groups in total. The van der Waals surface area contributed by atoms with E-state index >= 15 is 0 Å². The van der Waals surface area contributed by atoms with Gasteiger partial charge in [0.05, 0.1) is 11.6 Å². The maximum atomic E-state index is 9.04. The smallest absolute Gasteiger partial charge is 0.0992 e. The summed E-state index contributed by atoms with van der Waals surface area (Å²) in [7, 11) is 0. The third-order valence-electron chi connectivity index (χ3n) is 3.56. The van der Waals surface area contributed by atoms with Crippen molar-refractivity contribution in [3.8, 4) is 6.07 Å². The van der Waals surface area contributed by atoms with Crippen LogP contribution in [0.1, 0.15) is 33.3 Å². The SMILES string of the molecule is CC1(C)CNCC(C)(C)N1c1cccc(C#N)c1. The molecule has 1 aliphatic heterocycles. The summed E-state index contributed by atoms with van der Waals surface area (Å²) in [5, 5.41) is 12.5. The van der Waals surface area contributed by atoms with Crippen LogP contribution in [0.2, 0.25) is 0 Å². The summed E-state index contributed by atoms with van der Waals surface area (Å²) < 4.78 is 0. The Hall–Kier alpha value is -1.53. The molecule has 3 heteroatoms. The van der Waals surface area contributed by atoms with Crippen LogP contribution in [0.5, 0.6) is 0 Å². The Morgan fingerprint density at radius 2 is 1.78 bits per heavy atom. The highest BCUT2D eigenvalue weighted by atomic mass is 15.3. The molecule has 0 radical (unpaired) electrons. The minimum absolute atomic E-state index is 0.0375. The molecule has 2 rings (SSSR count). The second-order valence-electron chi connectivity index (χ2n) is 6.23. The van der Waals surface area contributed by atoms with Crippen molar-refractivity contribution >= 4 is 5.69 Å². The summed E-state index contributed by atoms with van der Waals surface area (Å²) in [5.74, 6) is 0. The molecule has 0 atom stereocenters. The van der Waals surface area contributed by atoms with Gasteiger partial charge in [0.25, 0.3) is 0 Å². The van der Waals surface area contributed by atoms with Gasteiger partial charge < -0.3 is 10.2 Å². The van der Waals surface area contributed by atoms with Crippen LogP contribution in [0.25, 0.3) is 0 Å². The Morgan fingerprint density at radius 3 is 2.33 bits per heavy atom. The molecule has 1 saturated heterocycles. The second kappa shape index (κ2) is 4.29. The highest BCUT2D eigenvalue weighted by Crippen LogP contribution is 2.34. The zero-order chi connectivity index (χ0) is 13.4. The molecule has 0 aliphatic carbocycles. The Labute approximate surface area is 109 Å². The molecule has 96 valence electrons. The van der Waals surface area contributed by atoms with Crippen LogP contribution in [-0.4, -0.2) is 24.2 Å². The van der Waals surface area contributed by atoms with Crippen molar-refractivity contribution in [3.05, 3.63) is 29.8 Å². The van der Waals surface area contributed by atoms with Crippen molar-refractivity contribution in [1.29, 1.82) is 5.26 Å². The first-order valence-electron chi connectivity index (χ1n) is 6.38. The summed E-state index contributed by atoms with van der Waals surface area (Å²) in [6.45, 7) is 10.8. The van der Waals surface area contributed by atoms with Crippen LogP contribution in [0.3, 0.4) is 0 Å². The van der Waals surface area contributed by atoms with E-state index in [-0.39, 0.29) is 11.1 Å². The lowest BCUT2D eigenvalue weighted by Gasteiger charge is -2.54. The van der Waals surface area contributed by atoms with E-state index in [1.807, 2.05) is 18.2 Å². The fraction of sp³-hybridized carbons (Fsp3) is 0.533. The fourth-order valence-corrected chi connectivity index (χ4v) is 3.07. The van der Waals surface area contributed by atoms with E-state index in [1.54, 1.807) is 0 Å². The molecule has 18 heavy (non-hydrogen) atoms. The van der Waals surface area contributed by atoms with Gasteiger partial charge in [-0.1, -0.05) is 6.07 Å². The Balaban J connectivity index is 2.47. The van der Waals surface area contributed by atoms with Crippen LogP contribution in [0.4, 0.5) is 5.69 Å². The molecular weight excluding hydrogens is 222 g/mol. The van der Waals surface area contributed by atoms with E-state index in [0.717, 1.165) is 24.3 Å². The molecule has 0 spiro atoms. The van der Waals surface area contributed by atoms with E-state index in [9.17, 15) is 0 Å². The number of nitriles is 1. The molecule has 3 nitrogen and oxygen atoms in total. The van der Waals surface area contributed by atoms with Gasteiger partial charge >= 0.3 is 0 Å². The van der Waals surface area contributed by atoms with Crippen LogP contribution in [0, 0.1) is 11.3 Å². The fourth-order valence-electron chi connectivity index (χ4n) is 3.07. The standard InChI is InChI=1S/C15H21N3/c1-14(2)10-17-11-15(3,4)18(14)13-7-5-6-12(8-13)9-16/h5-8,17H,10-11H2,1-4H3. The van der Waals surface area contributed by atoms with Gasteiger partial charge in [0.1, 0.15) is 0 Å². The van der Waals surface area contributed by atoms with Crippen molar-refractivity contribution in [2.45, 2.75) is 38.8 Å². The third kappa shape index (κ3) is 2.21. The van der Waals surface area contributed by atoms with E-state index in [0.29, 0.717) is 0 Å². The average molecular weight is 243 g/mol. The van der Waals surface area contributed by atoms with Crippen LogP contribution < -0.4 is 10.2 Å². The predicted molar refractivity (Wildman–Crippen MR) is 74.7 cm³/mol. The van der Waals surface area contributed by atoms with Gasteiger partial charge in [0.15, 0.2) is 0 Å². The number of nitrogens with zero attached hydrogens (tertiary/aromatic N) is 2. The topological polar surface area (TPSA) is 39.1 Å². The Morgan fingerprint density at radius 1 is 1.17 bits per heavy atom. The van der Waals surface area contributed by atoms with Crippen molar-refractivity contribution in [1.82, 2.24) is 5.32 Å². The lowest BCUT2D eigenvalue weighted by molar-refractivity contribution is 0.263. The van der Waals surface area contributed by atoms with Crippen molar-refractivity contribution < 1.29 is 0 Å². The third-order valence-corrected chi connectivity index (χ3v) is 3.56. The van der Waals surface area contributed by atoms with E-state index in [1.165, 1.54) is 0 Å². The average Bonchev–Trinajstić information content (AvgIpc) is 2.26. The minimum Gasteiger partial charge on any atom is -0.359 e. The maximum Gasteiger partial charge on any atom is 0.0992 e. The molecule has 0 bridgehead atoms. The van der Waals surface area contributed by atoms with Gasteiger partial charge in [-0.3, -0.25) is 0 Å². The van der Waals surface area contributed by atoms with E-state index in [2.05, 4.69) is 50.0 Å². The van der Waals surface area contributed by atoms with Gasteiger partial charge in [0, 0.05) is 29.9 Å². The lowest BCUT2D eigenvalue weighted by atomic mass is 9.88. The summed E-state index contributed by atoms with van der Waals surface area (Å²) >= 11 is 0. The minimum atomic E-state index is 0.0375. The first-order valence-corrected chi connectivity index (χ1v) is 6.38. The highest BCUT2D eigenvalue weighted by Gasteiger charge is 2.41. The molecule has 0 amide bonds. The number of hydrogen-bond acceptors (Lipinski definition) is 3. The summed E-state index contributed by atoms with van der Waals surface area (Å²) in [6, 6.07) is 10.1. The number of hydrogen-bond donors (Lipinski definition) is 1. The molecule has 0 saturated carbocycles. The van der Waals surface area contributed by atoms with E-state index in [4.69, 9.17) is 5.26 Å². The van der Waals surface area contributed by atoms with Crippen molar-refractivity contribution in [2.75, 3.05) is 18.0 Å². The number of rotatable bonds is 1. The molecule has 1 aliphatic rings. The number of benzene rings is 1. The van der Waals surface area contributed by atoms with Gasteiger partial charge in [-0.2, -0.15) is 5.26 Å². The van der Waals surface area contributed by atoms with E-state index < -0.39 is 0 Å². The zero-order valence-corrected chi connectivity index (χ0v) is 11.6. The number of nitrogens with one attached hydrogen (secondary N) is 1. The summed E-state index contributed by atoms with van der Waals surface area (Å²) in [6.07, 6.45) is 0. The summed E-state index contributed by atoms with van der Waals surface area (Å²) in [4.78, 5) is 2.43. The molecule has 1 heterocycles. The summed E-state index contributed by atoms with van der Waals surface area (Å²) in [5.41, 5.74) is 1.93. The van der Waals surface area contributed by atoms with Crippen molar-refractivity contribution in [3.63, 3.8) is 0 Å². The molecule has 0 unspecified atom stereocenters. The Kier molecular flexibility index (Phi) is 3.08. The molecule has 0 aromatic heterocycles. The highest BCUT2D eigenvalue weighted by molar-refractivity contribution is 5.56. The van der Waals surface area contributed by atoms with Gasteiger partial charge in [-0.05, 0) is 45.9 Å². The number of piperazine rings is 1. The first kappa shape index (κ1) is 12.9. The monoisotopic (exact) mass is 243 g/mol. The lowest BCUT2D eigenvalue weighted by Crippen LogP contribution is -2.68. The van der Waals surface area contributed by atoms with Crippen molar-refractivity contribution in [2.24, 2.45) is 0 Å². The second-order valence-corrected chi connectivity index (χ2v) is 6.23. The van der Waals surface area contributed by atoms with Crippen LogP contribution in [-0.2, 0) is 0 Å². The largest absolute Gasteiger partial charge is 0.359 e. The van der Waals surface area contributed by atoms with Crippen LogP contribution >= 0.6 is 0 Å². The maximum absolute atomic E-state index is 9.04. The van der Waals surface area contributed by atoms with Gasteiger partial charge in [0.2, 0.25) is 0 Å². The molecule has 1 aromatic rings. The number of anilines is 1. The zero-order valence-electron chi connectivity index (χ0n) is 11.6. The molecular formula is C15H21N3. The van der Waals surface area contributed by atoms with Gasteiger partial charge in [-0.25, -0.2) is 0 Å². The normalized spacial score (nSPS) is 21.4. The first-order chi connectivity index (χ1) is 8.37. The van der Waals surface area contributed by atoms with Crippen LogP contribution in [0.15, 0.2) is 24.3 Å². The Bertz CT molecular complexity index is 467. The molecule has 1 fully saturated rings. The molecule has 1 aromatic carbocycles.